The highest BCUT2D eigenvalue weighted by atomic mass is 35.5. The van der Waals surface area contributed by atoms with E-state index in [1.807, 2.05) is 26.8 Å². The van der Waals surface area contributed by atoms with E-state index in [9.17, 15) is 13.2 Å². The summed E-state index contributed by atoms with van der Waals surface area (Å²) in [5.74, 6) is 0.700. The topological polar surface area (TPSA) is 92.1 Å². The number of benzene rings is 2. The van der Waals surface area contributed by atoms with Crippen molar-refractivity contribution in [2.75, 3.05) is 24.5 Å². The minimum atomic E-state index is -4.25. The van der Waals surface area contributed by atoms with Gasteiger partial charge >= 0.3 is 16.1 Å². The number of nitrogens with zero attached hydrogens (tertiary/aromatic N) is 2. The fourth-order valence-electron chi connectivity index (χ4n) is 3.59. The highest BCUT2D eigenvalue weighted by molar-refractivity contribution is 7.87. The summed E-state index contributed by atoms with van der Waals surface area (Å²) < 4.78 is 37.4. The van der Waals surface area contributed by atoms with Crippen LogP contribution in [0.5, 0.6) is 5.75 Å². The van der Waals surface area contributed by atoms with Gasteiger partial charge in [-0.2, -0.15) is 8.42 Å². The summed E-state index contributed by atoms with van der Waals surface area (Å²) in [5, 5.41) is 3.11. The number of hydrogen-bond donors (Lipinski definition) is 1. The second-order valence-corrected chi connectivity index (χ2v) is 10.2. The van der Waals surface area contributed by atoms with E-state index >= 15 is 0 Å². The Balaban J connectivity index is 2.02. The van der Waals surface area contributed by atoms with Crippen molar-refractivity contribution in [3.8, 4) is 5.75 Å². The predicted octanol–water partition coefficient (Wildman–Crippen LogP) is 5.93. The van der Waals surface area contributed by atoms with Crippen LogP contribution in [0.15, 0.2) is 64.1 Å². The number of anilines is 1. The molecule has 194 valence electrons. The quantitative estimate of drug-likeness (QED) is 0.296. The van der Waals surface area contributed by atoms with Crippen molar-refractivity contribution in [2.45, 2.75) is 38.8 Å². The summed E-state index contributed by atoms with van der Waals surface area (Å²) in [5.41, 5.74) is 1.30. The van der Waals surface area contributed by atoms with Crippen LogP contribution in [0.1, 0.15) is 32.1 Å². The van der Waals surface area contributed by atoms with Crippen molar-refractivity contribution in [3.63, 3.8) is 0 Å². The molecule has 0 bridgehead atoms. The van der Waals surface area contributed by atoms with E-state index in [-0.39, 0.29) is 39.8 Å². The van der Waals surface area contributed by atoms with Crippen LogP contribution in [0, 0.1) is 0 Å². The minimum Gasteiger partial charge on any atom is -0.467 e. The van der Waals surface area contributed by atoms with Gasteiger partial charge in [0.1, 0.15) is 16.4 Å². The van der Waals surface area contributed by atoms with Crippen molar-refractivity contribution in [3.05, 3.63) is 76.2 Å². The summed E-state index contributed by atoms with van der Waals surface area (Å²) in [6.45, 7) is 7.97. The molecule has 0 unspecified atom stereocenters. The van der Waals surface area contributed by atoms with Gasteiger partial charge in [-0.05, 0) is 57.2 Å². The summed E-state index contributed by atoms with van der Waals surface area (Å²) in [4.78, 5) is 16.3. The van der Waals surface area contributed by atoms with Crippen LogP contribution in [0.3, 0.4) is 0 Å². The van der Waals surface area contributed by atoms with Gasteiger partial charge in [-0.15, -0.1) is 0 Å². The highest BCUT2D eigenvalue weighted by Crippen LogP contribution is 2.32. The van der Waals surface area contributed by atoms with Crippen LogP contribution in [0.25, 0.3) is 0 Å². The molecule has 3 rings (SSSR count). The monoisotopic (exact) mass is 553 g/mol. The largest absolute Gasteiger partial charge is 0.467 e. The van der Waals surface area contributed by atoms with Crippen LogP contribution < -0.4 is 14.4 Å². The number of carbonyl (C=O) groups excluding carboxylic acids is 1. The maximum atomic E-state index is 13.2. The number of hydrogen-bond acceptors (Lipinski definition) is 6. The Morgan fingerprint density at radius 3 is 2.36 bits per heavy atom. The molecular formula is C25H29Cl2N3O5S. The number of furan rings is 1. The molecule has 0 atom stereocenters. The zero-order chi connectivity index (χ0) is 26.3. The van der Waals surface area contributed by atoms with E-state index < -0.39 is 10.1 Å². The number of amides is 2. The van der Waals surface area contributed by atoms with Gasteiger partial charge < -0.3 is 23.7 Å². The molecule has 2 aromatic carbocycles. The SMILES string of the molecule is CCNC(=O)N(Cc1ccco1)Cc1ccc(N(CC)CC)cc1OS(=O)(=O)c1ccc(Cl)c(Cl)c1. The lowest BCUT2D eigenvalue weighted by Gasteiger charge is -2.25. The second-order valence-electron chi connectivity index (χ2n) is 7.85. The van der Waals surface area contributed by atoms with Crippen LogP contribution in [-0.4, -0.2) is 39.0 Å². The molecule has 0 aliphatic heterocycles. The maximum absolute atomic E-state index is 13.2. The van der Waals surface area contributed by atoms with Gasteiger partial charge in [-0.1, -0.05) is 29.3 Å². The van der Waals surface area contributed by atoms with E-state index in [1.54, 1.807) is 24.3 Å². The average Bonchev–Trinajstić information content (AvgIpc) is 3.35. The van der Waals surface area contributed by atoms with Gasteiger partial charge in [0.15, 0.2) is 0 Å². The van der Waals surface area contributed by atoms with Crippen LogP contribution in [-0.2, 0) is 23.2 Å². The summed E-state index contributed by atoms with van der Waals surface area (Å²) in [6.07, 6.45) is 1.53. The van der Waals surface area contributed by atoms with Gasteiger partial charge in [-0.3, -0.25) is 0 Å². The van der Waals surface area contributed by atoms with E-state index in [0.717, 1.165) is 18.8 Å². The molecule has 0 spiro atoms. The zero-order valence-electron chi connectivity index (χ0n) is 20.3. The maximum Gasteiger partial charge on any atom is 0.339 e. The summed E-state index contributed by atoms with van der Waals surface area (Å²) in [6, 6.07) is 12.5. The standard InChI is InChI=1S/C25H29Cl2N3O5S/c1-4-28-25(31)30(17-20-8-7-13-34-20)16-18-9-10-19(29(5-2)6-3)14-24(18)35-36(32,33)21-11-12-22(26)23(27)15-21/h7-15H,4-6,16-17H2,1-3H3,(H,28,31). The van der Waals surface area contributed by atoms with E-state index in [0.29, 0.717) is 17.9 Å². The van der Waals surface area contributed by atoms with Crippen molar-refractivity contribution >= 4 is 45.0 Å². The Hall–Kier alpha value is -2.88. The Kier molecular flexibility index (Phi) is 9.53. The number of rotatable bonds is 11. The molecular weight excluding hydrogens is 525 g/mol. The number of urea groups is 1. The third-order valence-electron chi connectivity index (χ3n) is 5.46. The van der Waals surface area contributed by atoms with Crippen molar-refractivity contribution in [1.82, 2.24) is 10.2 Å². The molecule has 0 aliphatic carbocycles. The molecule has 0 aliphatic rings. The second kappa shape index (κ2) is 12.4. The Morgan fingerprint density at radius 1 is 1.00 bits per heavy atom. The van der Waals surface area contributed by atoms with Crippen LogP contribution >= 0.6 is 23.2 Å². The molecule has 8 nitrogen and oxygen atoms in total. The first-order valence-corrected chi connectivity index (χ1v) is 13.7. The summed E-state index contributed by atoms with van der Waals surface area (Å²) >= 11 is 12.0. The fourth-order valence-corrected chi connectivity index (χ4v) is 4.94. The summed E-state index contributed by atoms with van der Waals surface area (Å²) in [7, 11) is -4.25. The van der Waals surface area contributed by atoms with E-state index in [1.165, 1.54) is 29.4 Å². The first-order chi connectivity index (χ1) is 17.2. The van der Waals surface area contributed by atoms with Crippen LogP contribution in [0.2, 0.25) is 10.0 Å². The first kappa shape index (κ1) is 27.7. The van der Waals surface area contributed by atoms with Crippen LogP contribution in [0.4, 0.5) is 10.5 Å². The Labute approximate surface area is 221 Å². The first-order valence-electron chi connectivity index (χ1n) is 11.5. The van der Waals surface area contributed by atoms with Gasteiger partial charge in [0.05, 0.1) is 29.4 Å². The minimum absolute atomic E-state index is 0.0806. The Bertz CT molecular complexity index is 1280. The predicted molar refractivity (Wildman–Crippen MR) is 141 cm³/mol. The van der Waals surface area contributed by atoms with Crippen molar-refractivity contribution in [2.24, 2.45) is 0 Å². The van der Waals surface area contributed by atoms with Crippen molar-refractivity contribution in [1.29, 1.82) is 0 Å². The number of nitrogens with one attached hydrogen (secondary N) is 1. The lowest BCUT2D eigenvalue weighted by molar-refractivity contribution is 0.187. The molecule has 3 aromatic rings. The molecule has 11 heteroatoms. The smallest absolute Gasteiger partial charge is 0.339 e. The van der Waals surface area contributed by atoms with Gasteiger partial charge in [0.25, 0.3) is 0 Å². The van der Waals surface area contributed by atoms with E-state index in [2.05, 4.69) is 10.2 Å². The molecule has 0 radical (unpaired) electrons. The van der Waals surface area contributed by atoms with Crippen molar-refractivity contribution < 1.29 is 21.8 Å². The zero-order valence-corrected chi connectivity index (χ0v) is 22.7. The molecule has 1 N–H and O–H groups in total. The molecule has 1 heterocycles. The molecule has 0 saturated heterocycles. The molecule has 0 fully saturated rings. The molecule has 0 saturated carbocycles. The highest BCUT2D eigenvalue weighted by Gasteiger charge is 2.23. The van der Waals surface area contributed by atoms with E-state index in [4.69, 9.17) is 31.8 Å². The van der Waals surface area contributed by atoms with Gasteiger partial charge in [-0.25, -0.2) is 4.79 Å². The van der Waals surface area contributed by atoms with Gasteiger partial charge in [0.2, 0.25) is 0 Å². The normalized spacial score (nSPS) is 11.2. The molecule has 36 heavy (non-hydrogen) atoms. The lowest BCUT2D eigenvalue weighted by atomic mass is 10.1. The van der Waals surface area contributed by atoms with Gasteiger partial charge in [0, 0.05) is 37.0 Å². The third kappa shape index (κ3) is 6.87. The number of carbonyl (C=O) groups is 1. The fraction of sp³-hybridized carbons (Fsp3) is 0.320. The molecule has 1 aromatic heterocycles. The average molecular weight is 554 g/mol. The Morgan fingerprint density at radius 2 is 1.75 bits per heavy atom. The third-order valence-corrected chi connectivity index (χ3v) is 7.43. The lowest BCUT2D eigenvalue weighted by Crippen LogP contribution is -2.39. The number of halogens is 2. The molecule has 2 amide bonds.